The van der Waals surface area contributed by atoms with Crippen LogP contribution in [0.3, 0.4) is 0 Å². The van der Waals surface area contributed by atoms with Crippen LogP contribution in [0.15, 0.2) is 11.8 Å². The number of nitrogens with one attached hydrogen (secondary N) is 1. The summed E-state index contributed by atoms with van der Waals surface area (Å²) in [6.07, 6.45) is 9.49. The van der Waals surface area contributed by atoms with Crippen LogP contribution >= 0.6 is 0 Å². The minimum atomic E-state index is -0.559. The van der Waals surface area contributed by atoms with Crippen molar-refractivity contribution in [2.45, 2.75) is 63.3 Å². The lowest BCUT2D eigenvalue weighted by molar-refractivity contribution is -0.172. The van der Waals surface area contributed by atoms with Gasteiger partial charge in [0.25, 0.3) is 0 Å². The van der Waals surface area contributed by atoms with Crippen LogP contribution in [0.1, 0.15) is 44.9 Å². The molecule has 4 aliphatic carbocycles. The molecular weight excluding hydrogens is 278 g/mol. The Kier molecular flexibility index (Phi) is 3.11. The Balaban J connectivity index is 1.48. The summed E-state index contributed by atoms with van der Waals surface area (Å²) in [5.41, 5.74) is 4.28. The van der Waals surface area contributed by atoms with E-state index in [0.29, 0.717) is 23.7 Å². The first kappa shape index (κ1) is 13.8. The lowest BCUT2D eigenvalue weighted by Gasteiger charge is -2.56. The maximum Gasteiger partial charge on any atom is 0.108 e. The first-order chi connectivity index (χ1) is 10.7. The zero-order valence-electron chi connectivity index (χ0n) is 13.0. The van der Waals surface area contributed by atoms with Crippen LogP contribution in [0, 0.1) is 35.5 Å². The predicted molar refractivity (Wildman–Crippen MR) is 81.4 cm³/mol. The normalized spacial score (nSPS) is 56.3. The molecule has 9 unspecified atom stereocenters. The Morgan fingerprint density at radius 2 is 1.86 bits per heavy atom. The summed E-state index contributed by atoms with van der Waals surface area (Å²) in [5.74, 6) is 3.16. The molecule has 5 rings (SSSR count). The minimum Gasteiger partial charge on any atom is -0.390 e. The molecule has 0 saturated heterocycles. The summed E-state index contributed by atoms with van der Waals surface area (Å²) < 4.78 is 0. The summed E-state index contributed by atoms with van der Waals surface area (Å²) in [7, 11) is 0. The van der Waals surface area contributed by atoms with Gasteiger partial charge in [-0.2, -0.15) is 0 Å². The van der Waals surface area contributed by atoms with Gasteiger partial charge in [-0.1, -0.05) is 12.8 Å². The number of fused-ring (bicyclic) bond motifs is 6. The molecule has 9 atom stereocenters. The number of aliphatic hydroxyl groups is 2. The lowest BCUT2D eigenvalue weighted by atomic mass is 9.51. The minimum absolute atomic E-state index is 0.113. The number of hydrogen-bond acceptors (Lipinski definition) is 4. The van der Waals surface area contributed by atoms with Crippen molar-refractivity contribution in [3.8, 4) is 0 Å². The molecule has 3 N–H and O–H groups in total. The van der Waals surface area contributed by atoms with E-state index in [-0.39, 0.29) is 12.0 Å². The fourth-order valence-corrected chi connectivity index (χ4v) is 6.79. The largest absolute Gasteiger partial charge is 0.390 e. The molecule has 0 aromatic carbocycles. The van der Waals surface area contributed by atoms with Crippen LogP contribution in [0.25, 0.3) is 0 Å². The van der Waals surface area contributed by atoms with Gasteiger partial charge in [-0.05, 0) is 73.2 Å². The average molecular weight is 305 g/mol. The SMILES string of the molecule is OC1C(O)C2C3CCCC3CCC2C2CC3=CNOC3CC12. The van der Waals surface area contributed by atoms with Crippen molar-refractivity contribution < 1.29 is 15.1 Å². The number of hydroxylamine groups is 1. The van der Waals surface area contributed by atoms with Gasteiger partial charge in [0.1, 0.15) is 6.10 Å². The molecule has 4 nitrogen and oxygen atoms in total. The molecule has 5 aliphatic rings. The third kappa shape index (κ3) is 1.80. The summed E-state index contributed by atoms with van der Waals surface area (Å²) in [6.45, 7) is 0. The van der Waals surface area contributed by atoms with Gasteiger partial charge in [0, 0.05) is 6.20 Å². The van der Waals surface area contributed by atoms with Crippen LogP contribution < -0.4 is 5.48 Å². The molecule has 4 saturated carbocycles. The predicted octanol–water partition coefficient (Wildman–Crippen LogP) is 1.98. The Labute approximate surface area is 131 Å². The van der Waals surface area contributed by atoms with Gasteiger partial charge in [-0.3, -0.25) is 10.3 Å². The molecule has 122 valence electrons. The third-order valence-corrected chi connectivity index (χ3v) is 7.69. The van der Waals surface area contributed by atoms with Crippen molar-refractivity contribution >= 4 is 0 Å². The van der Waals surface area contributed by atoms with E-state index >= 15 is 0 Å². The molecule has 0 aromatic heterocycles. The van der Waals surface area contributed by atoms with E-state index in [4.69, 9.17) is 4.84 Å². The van der Waals surface area contributed by atoms with Crippen LogP contribution in [-0.4, -0.2) is 28.5 Å². The highest BCUT2D eigenvalue weighted by atomic mass is 16.7. The summed E-state index contributed by atoms with van der Waals surface area (Å²) in [5, 5.41) is 21.7. The smallest absolute Gasteiger partial charge is 0.108 e. The van der Waals surface area contributed by atoms with Crippen molar-refractivity contribution in [3.63, 3.8) is 0 Å². The zero-order chi connectivity index (χ0) is 14.8. The molecule has 4 heteroatoms. The Bertz CT molecular complexity index is 493. The van der Waals surface area contributed by atoms with Gasteiger partial charge in [-0.25, -0.2) is 0 Å². The fraction of sp³-hybridized carbons (Fsp3) is 0.889. The van der Waals surface area contributed by atoms with Gasteiger partial charge < -0.3 is 10.2 Å². The Hall–Kier alpha value is -0.580. The zero-order valence-corrected chi connectivity index (χ0v) is 13.0. The summed E-state index contributed by atoms with van der Waals surface area (Å²) in [4.78, 5) is 5.56. The molecule has 4 fully saturated rings. The Morgan fingerprint density at radius 3 is 2.77 bits per heavy atom. The topological polar surface area (TPSA) is 61.7 Å². The van der Waals surface area contributed by atoms with E-state index in [1.54, 1.807) is 0 Å². The fourth-order valence-electron chi connectivity index (χ4n) is 6.79. The van der Waals surface area contributed by atoms with Crippen molar-refractivity contribution in [1.29, 1.82) is 0 Å². The second kappa shape index (κ2) is 4.96. The highest BCUT2D eigenvalue weighted by Crippen LogP contribution is 2.58. The maximum absolute atomic E-state index is 10.9. The molecule has 1 heterocycles. The quantitative estimate of drug-likeness (QED) is 0.640. The molecule has 0 aromatic rings. The van der Waals surface area contributed by atoms with Gasteiger partial charge in [0.05, 0.1) is 12.2 Å². The average Bonchev–Trinajstić information content (AvgIpc) is 3.18. The van der Waals surface area contributed by atoms with E-state index in [2.05, 4.69) is 5.48 Å². The lowest BCUT2D eigenvalue weighted by Crippen LogP contribution is -2.58. The van der Waals surface area contributed by atoms with Gasteiger partial charge in [-0.15, -0.1) is 0 Å². The van der Waals surface area contributed by atoms with Crippen molar-refractivity contribution in [3.05, 3.63) is 11.8 Å². The second-order valence-corrected chi connectivity index (χ2v) is 8.37. The van der Waals surface area contributed by atoms with Crippen LogP contribution in [-0.2, 0) is 4.84 Å². The van der Waals surface area contributed by atoms with Crippen LogP contribution in [0.5, 0.6) is 0 Å². The molecule has 1 aliphatic heterocycles. The van der Waals surface area contributed by atoms with Crippen molar-refractivity contribution in [2.24, 2.45) is 35.5 Å². The van der Waals surface area contributed by atoms with E-state index < -0.39 is 12.2 Å². The maximum atomic E-state index is 10.9. The highest BCUT2D eigenvalue weighted by Gasteiger charge is 2.57. The molecule has 0 spiro atoms. The van der Waals surface area contributed by atoms with E-state index in [0.717, 1.165) is 18.8 Å². The molecule has 0 radical (unpaired) electrons. The monoisotopic (exact) mass is 305 g/mol. The number of rotatable bonds is 0. The molecule has 22 heavy (non-hydrogen) atoms. The molecule has 0 bridgehead atoms. The van der Waals surface area contributed by atoms with Crippen LogP contribution in [0.4, 0.5) is 0 Å². The van der Waals surface area contributed by atoms with Gasteiger partial charge >= 0.3 is 0 Å². The first-order valence-corrected chi connectivity index (χ1v) is 9.20. The van der Waals surface area contributed by atoms with Crippen LogP contribution in [0.2, 0.25) is 0 Å². The van der Waals surface area contributed by atoms with Gasteiger partial charge in [0.15, 0.2) is 0 Å². The van der Waals surface area contributed by atoms with E-state index in [1.807, 2.05) is 6.20 Å². The second-order valence-electron chi connectivity index (χ2n) is 8.37. The molecule has 0 amide bonds. The summed E-state index contributed by atoms with van der Waals surface area (Å²) in [6, 6.07) is 0. The van der Waals surface area contributed by atoms with Gasteiger partial charge in [0.2, 0.25) is 0 Å². The number of aliphatic hydroxyl groups excluding tert-OH is 2. The third-order valence-electron chi connectivity index (χ3n) is 7.69. The van der Waals surface area contributed by atoms with E-state index in [9.17, 15) is 10.2 Å². The highest BCUT2D eigenvalue weighted by molar-refractivity contribution is 5.19. The van der Waals surface area contributed by atoms with Crippen molar-refractivity contribution in [2.75, 3.05) is 0 Å². The first-order valence-electron chi connectivity index (χ1n) is 9.20. The summed E-state index contributed by atoms with van der Waals surface area (Å²) >= 11 is 0. The van der Waals surface area contributed by atoms with Crippen molar-refractivity contribution in [1.82, 2.24) is 5.48 Å². The Morgan fingerprint density at radius 1 is 0.955 bits per heavy atom. The standard InChI is InChI=1S/C18H27NO3/c20-17-14-7-15-10(8-19-22-15)6-13(14)12-5-4-9-2-1-3-11(9)16(12)18(17)21/h8-9,11-21H,1-7H2. The number of hydrogen-bond donors (Lipinski definition) is 3. The molecular formula is C18H27NO3. The van der Waals surface area contributed by atoms with E-state index in [1.165, 1.54) is 37.7 Å².